The van der Waals surface area contributed by atoms with E-state index in [1.807, 2.05) is 4.90 Å². The van der Waals surface area contributed by atoms with Crippen LogP contribution in [0.25, 0.3) is 0 Å². The number of nitrogens with two attached hydrogens (primary N) is 1. The predicted octanol–water partition coefficient (Wildman–Crippen LogP) is 0.993. The normalized spacial score (nSPS) is 15.9. The average molecular weight is 220 g/mol. The highest BCUT2D eigenvalue weighted by atomic mass is 16.2. The highest BCUT2D eigenvalue weighted by molar-refractivity contribution is 5.92. The van der Waals surface area contributed by atoms with Gasteiger partial charge in [-0.15, -0.1) is 0 Å². The topological polar surface area (TPSA) is 71.2 Å². The van der Waals surface area contributed by atoms with Crippen LogP contribution in [-0.2, 0) is 0 Å². The summed E-state index contributed by atoms with van der Waals surface area (Å²) in [6.07, 6.45) is 4.97. The fourth-order valence-electron chi connectivity index (χ4n) is 1.86. The molecule has 1 aliphatic rings. The number of piperidine rings is 1. The molecule has 16 heavy (non-hydrogen) atoms. The van der Waals surface area contributed by atoms with Crippen molar-refractivity contribution in [2.24, 2.45) is 5.84 Å². The van der Waals surface area contributed by atoms with E-state index in [0.29, 0.717) is 11.4 Å². The molecule has 3 N–H and O–H groups in total. The van der Waals surface area contributed by atoms with Crippen LogP contribution in [0.3, 0.4) is 0 Å². The molecule has 0 aromatic carbocycles. The van der Waals surface area contributed by atoms with Gasteiger partial charge in [0.05, 0.1) is 11.9 Å². The molecule has 2 rings (SSSR count). The number of rotatable bonds is 2. The Morgan fingerprint density at radius 3 is 2.62 bits per heavy atom. The summed E-state index contributed by atoms with van der Waals surface area (Å²) in [6.45, 7) is 1.69. The Morgan fingerprint density at radius 1 is 1.31 bits per heavy atom. The van der Waals surface area contributed by atoms with E-state index in [2.05, 4.69) is 10.4 Å². The van der Waals surface area contributed by atoms with Crippen molar-refractivity contribution in [2.75, 3.05) is 18.5 Å². The standard InChI is InChI=1S/C11H16N4O/c12-14-9-4-5-10(13-8-9)11(16)15-6-2-1-3-7-15/h4-5,8,14H,1-3,6-7,12H2. The summed E-state index contributed by atoms with van der Waals surface area (Å²) < 4.78 is 0. The molecule has 2 heterocycles. The molecule has 1 aromatic rings. The largest absolute Gasteiger partial charge is 0.337 e. The molecular formula is C11H16N4O. The molecule has 0 spiro atoms. The van der Waals surface area contributed by atoms with E-state index in [-0.39, 0.29) is 5.91 Å². The number of anilines is 1. The van der Waals surface area contributed by atoms with Gasteiger partial charge in [0.25, 0.3) is 5.91 Å². The SMILES string of the molecule is NNc1ccc(C(=O)N2CCCCC2)nc1. The van der Waals surface area contributed by atoms with Crippen LogP contribution < -0.4 is 11.3 Å². The van der Waals surface area contributed by atoms with Crippen molar-refractivity contribution in [1.82, 2.24) is 9.88 Å². The van der Waals surface area contributed by atoms with Crippen LogP contribution in [0.15, 0.2) is 18.3 Å². The third-order valence-electron chi connectivity index (χ3n) is 2.79. The van der Waals surface area contributed by atoms with Crippen molar-refractivity contribution in [3.8, 4) is 0 Å². The van der Waals surface area contributed by atoms with Gasteiger partial charge in [0, 0.05) is 13.1 Å². The maximum absolute atomic E-state index is 12.0. The lowest BCUT2D eigenvalue weighted by molar-refractivity contribution is 0.0718. The highest BCUT2D eigenvalue weighted by Gasteiger charge is 2.18. The lowest BCUT2D eigenvalue weighted by atomic mass is 10.1. The number of aromatic nitrogens is 1. The maximum Gasteiger partial charge on any atom is 0.272 e. The minimum Gasteiger partial charge on any atom is -0.337 e. The quantitative estimate of drug-likeness (QED) is 0.576. The highest BCUT2D eigenvalue weighted by Crippen LogP contribution is 2.12. The summed E-state index contributed by atoms with van der Waals surface area (Å²) in [6, 6.07) is 3.45. The van der Waals surface area contributed by atoms with E-state index in [1.54, 1.807) is 18.3 Å². The monoisotopic (exact) mass is 220 g/mol. The molecule has 0 unspecified atom stereocenters. The molecule has 1 aromatic heterocycles. The van der Waals surface area contributed by atoms with Crippen molar-refractivity contribution in [3.05, 3.63) is 24.0 Å². The molecule has 5 nitrogen and oxygen atoms in total. The Labute approximate surface area is 94.6 Å². The van der Waals surface area contributed by atoms with Crippen molar-refractivity contribution < 1.29 is 4.79 Å². The summed E-state index contributed by atoms with van der Waals surface area (Å²) in [7, 11) is 0. The van der Waals surface area contributed by atoms with Crippen molar-refractivity contribution in [1.29, 1.82) is 0 Å². The molecule has 0 atom stereocenters. The summed E-state index contributed by atoms with van der Waals surface area (Å²) in [5, 5.41) is 0. The third-order valence-corrected chi connectivity index (χ3v) is 2.79. The first-order valence-corrected chi connectivity index (χ1v) is 5.53. The second-order valence-corrected chi connectivity index (χ2v) is 3.93. The average Bonchev–Trinajstić information content (AvgIpc) is 2.39. The third kappa shape index (κ3) is 2.30. The van der Waals surface area contributed by atoms with Gasteiger partial charge in [-0.1, -0.05) is 0 Å². The van der Waals surface area contributed by atoms with E-state index >= 15 is 0 Å². The predicted molar refractivity (Wildman–Crippen MR) is 61.8 cm³/mol. The number of nitrogens with zero attached hydrogens (tertiary/aromatic N) is 2. The molecule has 0 radical (unpaired) electrons. The number of hydrazine groups is 1. The van der Waals surface area contributed by atoms with Crippen LogP contribution >= 0.6 is 0 Å². The summed E-state index contributed by atoms with van der Waals surface area (Å²) in [5.41, 5.74) is 3.68. The van der Waals surface area contributed by atoms with Gasteiger partial charge in [-0.2, -0.15) is 0 Å². The molecule has 1 saturated heterocycles. The van der Waals surface area contributed by atoms with Gasteiger partial charge in [-0.3, -0.25) is 10.6 Å². The smallest absolute Gasteiger partial charge is 0.272 e. The van der Waals surface area contributed by atoms with Gasteiger partial charge in [0.1, 0.15) is 5.69 Å². The lowest BCUT2D eigenvalue weighted by Gasteiger charge is -2.26. The van der Waals surface area contributed by atoms with Gasteiger partial charge in [0.15, 0.2) is 0 Å². The van der Waals surface area contributed by atoms with Crippen LogP contribution in [0.2, 0.25) is 0 Å². The molecule has 0 aliphatic carbocycles. The van der Waals surface area contributed by atoms with Crippen LogP contribution in [0, 0.1) is 0 Å². The minimum absolute atomic E-state index is 0.0169. The minimum atomic E-state index is 0.0169. The zero-order chi connectivity index (χ0) is 11.4. The number of nitrogen functional groups attached to an aromatic ring is 1. The number of likely N-dealkylation sites (tertiary alicyclic amines) is 1. The fraction of sp³-hybridized carbons (Fsp3) is 0.455. The number of carbonyl (C=O) groups excluding carboxylic acids is 1. The molecule has 1 amide bonds. The van der Waals surface area contributed by atoms with Crippen LogP contribution in [0.5, 0.6) is 0 Å². The molecule has 5 heteroatoms. The van der Waals surface area contributed by atoms with Gasteiger partial charge in [-0.05, 0) is 31.4 Å². The number of hydrogen-bond donors (Lipinski definition) is 2. The Morgan fingerprint density at radius 2 is 2.06 bits per heavy atom. The van der Waals surface area contributed by atoms with Crippen LogP contribution in [-0.4, -0.2) is 28.9 Å². The van der Waals surface area contributed by atoms with E-state index in [0.717, 1.165) is 25.9 Å². The summed E-state index contributed by atoms with van der Waals surface area (Å²) in [4.78, 5) is 18.0. The molecular weight excluding hydrogens is 204 g/mol. The number of nitrogens with one attached hydrogen (secondary N) is 1. The first-order chi connectivity index (χ1) is 7.81. The van der Waals surface area contributed by atoms with Crippen LogP contribution in [0.1, 0.15) is 29.8 Å². The lowest BCUT2D eigenvalue weighted by Crippen LogP contribution is -2.36. The molecule has 86 valence electrons. The number of carbonyl (C=O) groups is 1. The summed E-state index contributed by atoms with van der Waals surface area (Å²) in [5.74, 6) is 5.25. The zero-order valence-corrected chi connectivity index (χ0v) is 9.15. The van der Waals surface area contributed by atoms with Gasteiger partial charge >= 0.3 is 0 Å². The zero-order valence-electron chi connectivity index (χ0n) is 9.15. The van der Waals surface area contributed by atoms with E-state index in [4.69, 9.17) is 5.84 Å². The first kappa shape index (κ1) is 10.9. The van der Waals surface area contributed by atoms with Crippen molar-refractivity contribution in [2.45, 2.75) is 19.3 Å². The molecule has 0 bridgehead atoms. The Hall–Kier alpha value is -1.62. The maximum atomic E-state index is 12.0. The summed E-state index contributed by atoms with van der Waals surface area (Å²) >= 11 is 0. The van der Waals surface area contributed by atoms with Crippen LogP contribution in [0.4, 0.5) is 5.69 Å². The van der Waals surface area contributed by atoms with E-state index in [9.17, 15) is 4.79 Å². The van der Waals surface area contributed by atoms with E-state index in [1.165, 1.54) is 6.42 Å². The van der Waals surface area contributed by atoms with Gasteiger partial charge in [0.2, 0.25) is 0 Å². The van der Waals surface area contributed by atoms with Gasteiger partial charge < -0.3 is 10.3 Å². The van der Waals surface area contributed by atoms with Gasteiger partial charge in [-0.25, -0.2) is 4.98 Å². The molecule has 1 fully saturated rings. The Bertz CT molecular complexity index is 357. The number of hydrogen-bond acceptors (Lipinski definition) is 4. The van der Waals surface area contributed by atoms with Crippen molar-refractivity contribution in [3.63, 3.8) is 0 Å². The second-order valence-electron chi connectivity index (χ2n) is 3.93. The first-order valence-electron chi connectivity index (χ1n) is 5.53. The number of amides is 1. The second kappa shape index (κ2) is 4.94. The molecule has 0 saturated carbocycles. The number of pyridine rings is 1. The van der Waals surface area contributed by atoms with Crippen molar-refractivity contribution >= 4 is 11.6 Å². The Balaban J connectivity index is 2.07. The molecule has 1 aliphatic heterocycles. The van der Waals surface area contributed by atoms with E-state index < -0.39 is 0 Å². The Kier molecular flexibility index (Phi) is 3.36. The fourth-order valence-corrected chi connectivity index (χ4v) is 1.86.